The fourth-order valence-corrected chi connectivity index (χ4v) is 1.17. The summed E-state index contributed by atoms with van der Waals surface area (Å²) in [4.78, 5) is 11.3. The van der Waals surface area contributed by atoms with E-state index < -0.39 is 11.7 Å². The number of carbonyl (C=O) groups excluding carboxylic acids is 1. The number of nitrogens with zero attached hydrogens (tertiary/aromatic N) is 2. The van der Waals surface area contributed by atoms with Gasteiger partial charge in [0.1, 0.15) is 5.60 Å². The molecular weight excluding hydrogens is 232 g/mol. The lowest BCUT2D eigenvalue weighted by Gasteiger charge is -2.18. The number of amides is 1. The van der Waals surface area contributed by atoms with Gasteiger partial charge >= 0.3 is 6.09 Å². The van der Waals surface area contributed by atoms with Crippen LogP contribution in [0.4, 0.5) is 10.6 Å². The first-order valence-corrected chi connectivity index (χ1v) is 5.53. The van der Waals surface area contributed by atoms with Crippen LogP contribution in [0.3, 0.4) is 0 Å². The number of hydrogen-bond donors (Lipinski definition) is 2. The van der Waals surface area contributed by atoms with Crippen LogP contribution in [-0.4, -0.2) is 28.0 Å². The second-order valence-electron chi connectivity index (χ2n) is 4.76. The Morgan fingerprint density at radius 2 is 2.28 bits per heavy atom. The highest BCUT2D eigenvalue weighted by molar-refractivity contribution is 5.68. The van der Waals surface area contributed by atoms with Crippen LogP contribution < -0.4 is 11.1 Å². The van der Waals surface area contributed by atoms with Crippen LogP contribution in [0.25, 0.3) is 0 Å². The molecule has 6 nitrogen and oxygen atoms in total. The third kappa shape index (κ3) is 4.78. The number of carbonyl (C=O) groups is 1. The minimum absolute atomic E-state index is 0.198. The van der Waals surface area contributed by atoms with E-state index in [9.17, 15) is 4.79 Å². The summed E-state index contributed by atoms with van der Waals surface area (Å²) >= 11 is 0. The number of ether oxygens (including phenoxy) is 1. The number of alkyl carbamates (subject to hydrolysis) is 1. The molecular formula is C12H18N4O2. The number of hydrogen-bond acceptors (Lipinski definition) is 4. The summed E-state index contributed by atoms with van der Waals surface area (Å²) < 4.78 is 6.64. The molecule has 6 heteroatoms. The predicted molar refractivity (Wildman–Crippen MR) is 68.7 cm³/mol. The lowest BCUT2D eigenvalue weighted by Crippen LogP contribution is -2.32. The Kier molecular flexibility index (Phi) is 4.21. The SMILES string of the molecule is Cn1cc(C#CCNC(=O)OC(C)(C)C)c(N)n1. The average Bonchev–Trinajstić information content (AvgIpc) is 2.49. The van der Waals surface area contributed by atoms with Crippen molar-refractivity contribution >= 4 is 11.9 Å². The van der Waals surface area contributed by atoms with Gasteiger partial charge in [-0.2, -0.15) is 5.10 Å². The van der Waals surface area contributed by atoms with Gasteiger partial charge in [-0.25, -0.2) is 4.79 Å². The van der Waals surface area contributed by atoms with Crippen molar-refractivity contribution < 1.29 is 9.53 Å². The Morgan fingerprint density at radius 1 is 1.61 bits per heavy atom. The van der Waals surface area contributed by atoms with E-state index >= 15 is 0 Å². The van der Waals surface area contributed by atoms with Gasteiger partial charge in [-0.05, 0) is 20.8 Å². The van der Waals surface area contributed by atoms with Crippen LogP contribution in [0.2, 0.25) is 0 Å². The van der Waals surface area contributed by atoms with Crippen molar-refractivity contribution in [1.29, 1.82) is 0 Å². The van der Waals surface area contributed by atoms with Crippen LogP contribution in [0.5, 0.6) is 0 Å². The number of rotatable bonds is 1. The molecule has 0 aliphatic heterocycles. The summed E-state index contributed by atoms with van der Waals surface area (Å²) in [6.07, 6.45) is 1.23. The van der Waals surface area contributed by atoms with E-state index in [1.54, 1.807) is 38.7 Å². The Morgan fingerprint density at radius 3 is 2.78 bits per heavy atom. The molecule has 0 aliphatic carbocycles. The van der Waals surface area contributed by atoms with E-state index in [0.717, 1.165) is 0 Å². The van der Waals surface area contributed by atoms with Crippen molar-refractivity contribution in [3.05, 3.63) is 11.8 Å². The van der Waals surface area contributed by atoms with Crippen molar-refractivity contribution in [2.45, 2.75) is 26.4 Å². The van der Waals surface area contributed by atoms with Crippen molar-refractivity contribution in [1.82, 2.24) is 15.1 Å². The number of nitrogens with two attached hydrogens (primary N) is 1. The summed E-state index contributed by atoms with van der Waals surface area (Å²) in [7, 11) is 1.76. The summed E-state index contributed by atoms with van der Waals surface area (Å²) in [6.45, 7) is 5.60. The molecule has 0 fully saturated rings. The van der Waals surface area contributed by atoms with Crippen LogP contribution in [0, 0.1) is 11.8 Å². The van der Waals surface area contributed by atoms with Gasteiger partial charge in [0.15, 0.2) is 5.82 Å². The fourth-order valence-electron chi connectivity index (χ4n) is 1.17. The highest BCUT2D eigenvalue weighted by Crippen LogP contribution is 2.06. The van der Waals surface area contributed by atoms with Gasteiger partial charge in [0.05, 0.1) is 12.1 Å². The molecule has 1 aromatic rings. The maximum Gasteiger partial charge on any atom is 0.408 e. The number of nitrogen functional groups attached to an aromatic ring is 1. The topological polar surface area (TPSA) is 82.2 Å². The zero-order chi connectivity index (χ0) is 13.8. The molecule has 0 radical (unpaired) electrons. The molecule has 3 N–H and O–H groups in total. The minimum Gasteiger partial charge on any atom is -0.444 e. The van der Waals surface area contributed by atoms with E-state index in [2.05, 4.69) is 22.3 Å². The third-order valence-corrected chi connectivity index (χ3v) is 1.80. The number of anilines is 1. The molecule has 1 rings (SSSR count). The average molecular weight is 250 g/mol. The van der Waals surface area contributed by atoms with Gasteiger partial charge in [0.25, 0.3) is 0 Å². The normalized spacial score (nSPS) is 10.4. The fraction of sp³-hybridized carbons (Fsp3) is 0.500. The molecule has 98 valence electrons. The first kappa shape index (κ1) is 13.9. The summed E-state index contributed by atoms with van der Waals surface area (Å²) in [5.74, 6) is 5.98. The van der Waals surface area contributed by atoms with E-state index in [1.807, 2.05) is 0 Å². The second-order valence-corrected chi connectivity index (χ2v) is 4.76. The van der Waals surface area contributed by atoms with Gasteiger partial charge in [0.2, 0.25) is 0 Å². The van der Waals surface area contributed by atoms with Gasteiger partial charge in [0, 0.05) is 13.2 Å². The van der Waals surface area contributed by atoms with E-state index in [-0.39, 0.29) is 6.54 Å². The summed E-state index contributed by atoms with van der Waals surface area (Å²) in [5.41, 5.74) is 5.75. The Hall–Kier alpha value is -2.16. The molecule has 0 aliphatic rings. The summed E-state index contributed by atoms with van der Waals surface area (Å²) in [6, 6.07) is 0. The lowest BCUT2D eigenvalue weighted by molar-refractivity contribution is 0.0535. The van der Waals surface area contributed by atoms with Crippen LogP contribution >= 0.6 is 0 Å². The molecule has 0 unspecified atom stereocenters. The molecule has 0 atom stereocenters. The van der Waals surface area contributed by atoms with E-state index in [4.69, 9.17) is 10.5 Å². The minimum atomic E-state index is -0.509. The van der Waals surface area contributed by atoms with Crippen molar-refractivity contribution in [3.63, 3.8) is 0 Å². The maximum absolute atomic E-state index is 11.3. The Balaban J connectivity index is 2.43. The van der Waals surface area contributed by atoms with Gasteiger partial charge < -0.3 is 15.8 Å². The van der Waals surface area contributed by atoms with Crippen molar-refractivity contribution in [2.24, 2.45) is 7.05 Å². The van der Waals surface area contributed by atoms with Gasteiger partial charge in [-0.3, -0.25) is 4.68 Å². The molecule has 1 amide bonds. The quantitative estimate of drug-likeness (QED) is 0.725. The molecule has 1 aromatic heterocycles. The molecule has 0 saturated heterocycles. The molecule has 0 saturated carbocycles. The second kappa shape index (κ2) is 5.45. The first-order valence-electron chi connectivity index (χ1n) is 5.53. The Bertz CT molecular complexity index is 488. The van der Waals surface area contributed by atoms with E-state index in [1.165, 1.54) is 0 Å². The van der Waals surface area contributed by atoms with Crippen molar-refractivity contribution in [3.8, 4) is 11.8 Å². The standard InChI is InChI=1S/C12H18N4O2/c1-12(2,3)18-11(17)14-7-5-6-9-8-16(4)15-10(9)13/h8H,7H2,1-4H3,(H2,13,15)(H,14,17). The molecule has 0 bridgehead atoms. The van der Waals surface area contributed by atoms with Crippen LogP contribution in [0.15, 0.2) is 6.20 Å². The van der Waals surface area contributed by atoms with E-state index in [0.29, 0.717) is 11.4 Å². The summed E-state index contributed by atoms with van der Waals surface area (Å²) in [5, 5.41) is 6.49. The smallest absolute Gasteiger partial charge is 0.408 e. The molecule has 1 heterocycles. The van der Waals surface area contributed by atoms with Gasteiger partial charge in [-0.1, -0.05) is 11.8 Å². The maximum atomic E-state index is 11.3. The molecule has 18 heavy (non-hydrogen) atoms. The molecule has 0 aromatic carbocycles. The van der Waals surface area contributed by atoms with Crippen LogP contribution in [-0.2, 0) is 11.8 Å². The highest BCUT2D eigenvalue weighted by Gasteiger charge is 2.14. The van der Waals surface area contributed by atoms with Crippen LogP contribution in [0.1, 0.15) is 26.3 Å². The highest BCUT2D eigenvalue weighted by atomic mass is 16.6. The largest absolute Gasteiger partial charge is 0.444 e. The third-order valence-electron chi connectivity index (χ3n) is 1.80. The zero-order valence-electron chi connectivity index (χ0n) is 11.1. The van der Waals surface area contributed by atoms with Gasteiger partial charge in [-0.15, -0.1) is 0 Å². The predicted octanol–water partition coefficient (Wildman–Crippen LogP) is 0.879. The molecule has 0 spiro atoms. The lowest BCUT2D eigenvalue weighted by atomic mass is 10.2. The Labute approximate surface area is 106 Å². The number of aryl methyl sites for hydroxylation is 1. The zero-order valence-corrected chi connectivity index (χ0v) is 11.1. The number of nitrogens with one attached hydrogen (secondary N) is 1. The first-order chi connectivity index (χ1) is 8.28. The van der Waals surface area contributed by atoms with Crippen molar-refractivity contribution in [2.75, 3.05) is 12.3 Å². The monoisotopic (exact) mass is 250 g/mol. The number of aromatic nitrogens is 2.